The van der Waals surface area contributed by atoms with Crippen LogP contribution in [0.25, 0.3) is 0 Å². The van der Waals surface area contributed by atoms with Gasteiger partial charge in [-0.15, -0.1) is 0 Å². The summed E-state index contributed by atoms with van der Waals surface area (Å²) < 4.78 is 0. The standard InChI is InChI=1S/C10H18N4/c1-13-4-6-14(7-5-13)9-10-8-11-2-3-12-10/h8H,2-7,9H2,1H3. The molecule has 0 aromatic heterocycles. The van der Waals surface area contributed by atoms with Crippen molar-refractivity contribution in [2.45, 2.75) is 0 Å². The summed E-state index contributed by atoms with van der Waals surface area (Å²) in [6.07, 6.45) is 1.93. The molecule has 0 aromatic rings. The molecule has 2 rings (SSSR count). The van der Waals surface area contributed by atoms with Crippen molar-refractivity contribution >= 4 is 11.9 Å². The fourth-order valence-electron chi connectivity index (χ4n) is 1.79. The van der Waals surface area contributed by atoms with Crippen LogP contribution in [-0.2, 0) is 0 Å². The van der Waals surface area contributed by atoms with Crippen molar-refractivity contribution in [3.05, 3.63) is 0 Å². The highest BCUT2D eigenvalue weighted by Crippen LogP contribution is 1.99. The summed E-state index contributed by atoms with van der Waals surface area (Å²) in [7, 11) is 2.18. The summed E-state index contributed by atoms with van der Waals surface area (Å²) in [5, 5.41) is 0. The second-order valence-corrected chi connectivity index (χ2v) is 3.99. The SMILES string of the molecule is CN1CCN(CC2=NCCN=C2)CC1. The fourth-order valence-corrected chi connectivity index (χ4v) is 1.79. The summed E-state index contributed by atoms with van der Waals surface area (Å²) in [6.45, 7) is 7.38. The number of hydrogen-bond acceptors (Lipinski definition) is 4. The van der Waals surface area contributed by atoms with Crippen molar-refractivity contribution in [2.24, 2.45) is 9.98 Å². The lowest BCUT2D eigenvalue weighted by atomic mass is 10.3. The molecule has 0 bridgehead atoms. The molecule has 0 saturated carbocycles. The predicted molar refractivity (Wildman–Crippen MR) is 59.6 cm³/mol. The van der Waals surface area contributed by atoms with Gasteiger partial charge in [0.25, 0.3) is 0 Å². The first kappa shape index (κ1) is 9.80. The van der Waals surface area contributed by atoms with Gasteiger partial charge in [-0.2, -0.15) is 0 Å². The van der Waals surface area contributed by atoms with Crippen molar-refractivity contribution in [2.75, 3.05) is 52.9 Å². The third-order valence-electron chi connectivity index (χ3n) is 2.77. The molecule has 2 aliphatic heterocycles. The Morgan fingerprint density at radius 2 is 2.00 bits per heavy atom. The fraction of sp³-hybridized carbons (Fsp3) is 0.800. The summed E-state index contributed by atoms with van der Waals surface area (Å²) in [5.41, 5.74) is 1.15. The zero-order valence-corrected chi connectivity index (χ0v) is 8.82. The zero-order chi connectivity index (χ0) is 9.80. The van der Waals surface area contributed by atoms with Gasteiger partial charge < -0.3 is 4.90 Å². The van der Waals surface area contributed by atoms with E-state index >= 15 is 0 Å². The molecule has 14 heavy (non-hydrogen) atoms. The molecule has 2 aliphatic rings. The minimum Gasteiger partial charge on any atom is -0.304 e. The summed E-state index contributed by atoms with van der Waals surface area (Å²) in [4.78, 5) is 13.5. The monoisotopic (exact) mass is 194 g/mol. The quantitative estimate of drug-likeness (QED) is 0.607. The van der Waals surface area contributed by atoms with Crippen LogP contribution in [0.3, 0.4) is 0 Å². The van der Waals surface area contributed by atoms with E-state index in [0.29, 0.717) is 0 Å². The lowest BCUT2D eigenvalue weighted by Crippen LogP contribution is -2.46. The van der Waals surface area contributed by atoms with Gasteiger partial charge in [-0.05, 0) is 7.05 Å². The highest BCUT2D eigenvalue weighted by molar-refractivity contribution is 6.31. The van der Waals surface area contributed by atoms with Crippen LogP contribution in [0, 0.1) is 0 Å². The van der Waals surface area contributed by atoms with Crippen LogP contribution in [-0.4, -0.2) is 74.6 Å². The highest BCUT2D eigenvalue weighted by Gasteiger charge is 2.15. The second kappa shape index (κ2) is 4.66. The maximum absolute atomic E-state index is 4.45. The minimum absolute atomic E-state index is 0.867. The number of nitrogens with zero attached hydrogens (tertiary/aromatic N) is 4. The van der Waals surface area contributed by atoms with E-state index in [1.54, 1.807) is 0 Å². The van der Waals surface area contributed by atoms with Crippen molar-refractivity contribution in [3.8, 4) is 0 Å². The van der Waals surface area contributed by atoms with Gasteiger partial charge in [-0.25, -0.2) is 0 Å². The first-order valence-electron chi connectivity index (χ1n) is 5.28. The maximum atomic E-state index is 4.45. The second-order valence-electron chi connectivity index (χ2n) is 3.99. The van der Waals surface area contributed by atoms with E-state index in [1.165, 1.54) is 13.1 Å². The summed E-state index contributed by atoms with van der Waals surface area (Å²) in [6, 6.07) is 0. The normalized spacial score (nSPS) is 25.1. The summed E-state index contributed by atoms with van der Waals surface area (Å²) >= 11 is 0. The molecule has 0 spiro atoms. The Morgan fingerprint density at radius 1 is 1.21 bits per heavy atom. The Hall–Kier alpha value is -0.740. The molecule has 0 amide bonds. The molecule has 0 atom stereocenters. The number of rotatable bonds is 2. The molecule has 4 nitrogen and oxygen atoms in total. The van der Waals surface area contributed by atoms with Crippen molar-refractivity contribution in [1.29, 1.82) is 0 Å². The molecule has 0 radical (unpaired) electrons. The van der Waals surface area contributed by atoms with Crippen LogP contribution in [0.4, 0.5) is 0 Å². The first-order chi connectivity index (χ1) is 6.84. The molecule has 0 N–H and O–H groups in total. The number of piperazine rings is 1. The Kier molecular flexibility index (Phi) is 3.26. The van der Waals surface area contributed by atoms with Crippen LogP contribution in [0.15, 0.2) is 9.98 Å². The van der Waals surface area contributed by atoms with Gasteiger partial charge in [0, 0.05) is 38.9 Å². The molecule has 1 fully saturated rings. The molecule has 1 saturated heterocycles. The maximum Gasteiger partial charge on any atom is 0.0667 e. The van der Waals surface area contributed by atoms with Gasteiger partial charge in [0.15, 0.2) is 0 Å². The van der Waals surface area contributed by atoms with Crippen molar-refractivity contribution in [3.63, 3.8) is 0 Å². The highest BCUT2D eigenvalue weighted by atomic mass is 15.2. The van der Waals surface area contributed by atoms with Crippen LogP contribution in [0.1, 0.15) is 0 Å². The number of likely N-dealkylation sites (N-methyl/N-ethyl adjacent to an activating group) is 1. The molecule has 0 unspecified atom stereocenters. The van der Waals surface area contributed by atoms with Crippen molar-refractivity contribution in [1.82, 2.24) is 9.80 Å². The average Bonchev–Trinajstić information content (AvgIpc) is 2.23. The van der Waals surface area contributed by atoms with E-state index in [0.717, 1.165) is 38.4 Å². The molecule has 4 heteroatoms. The van der Waals surface area contributed by atoms with Crippen LogP contribution >= 0.6 is 0 Å². The molecule has 2 heterocycles. The van der Waals surface area contributed by atoms with Crippen molar-refractivity contribution < 1.29 is 0 Å². The van der Waals surface area contributed by atoms with Gasteiger partial charge in [-0.1, -0.05) is 0 Å². The molecular weight excluding hydrogens is 176 g/mol. The zero-order valence-electron chi connectivity index (χ0n) is 8.82. The Morgan fingerprint density at radius 3 is 2.64 bits per heavy atom. The van der Waals surface area contributed by atoms with E-state index in [4.69, 9.17) is 0 Å². The van der Waals surface area contributed by atoms with E-state index in [1.807, 2.05) is 6.21 Å². The first-order valence-corrected chi connectivity index (χ1v) is 5.28. The number of hydrogen-bond donors (Lipinski definition) is 0. The average molecular weight is 194 g/mol. The largest absolute Gasteiger partial charge is 0.304 e. The van der Waals surface area contributed by atoms with E-state index in [9.17, 15) is 0 Å². The van der Waals surface area contributed by atoms with Crippen LogP contribution in [0.5, 0.6) is 0 Å². The third kappa shape index (κ3) is 2.62. The van der Waals surface area contributed by atoms with Gasteiger partial charge in [0.1, 0.15) is 0 Å². The van der Waals surface area contributed by atoms with E-state index in [2.05, 4.69) is 26.8 Å². The smallest absolute Gasteiger partial charge is 0.0667 e. The van der Waals surface area contributed by atoms with Gasteiger partial charge >= 0.3 is 0 Å². The topological polar surface area (TPSA) is 31.2 Å². The summed E-state index contributed by atoms with van der Waals surface area (Å²) in [5.74, 6) is 0. The Balaban J connectivity index is 1.80. The van der Waals surface area contributed by atoms with Gasteiger partial charge in [0.05, 0.1) is 18.8 Å². The number of aliphatic imine (C=N–C) groups is 2. The van der Waals surface area contributed by atoms with E-state index < -0.39 is 0 Å². The third-order valence-corrected chi connectivity index (χ3v) is 2.77. The minimum atomic E-state index is 0.867. The van der Waals surface area contributed by atoms with Crippen LogP contribution in [0.2, 0.25) is 0 Å². The molecule has 0 aromatic carbocycles. The lowest BCUT2D eigenvalue weighted by molar-refractivity contribution is 0.171. The predicted octanol–water partition coefficient (Wildman–Crippen LogP) is -0.241. The van der Waals surface area contributed by atoms with E-state index in [-0.39, 0.29) is 0 Å². The van der Waals surface area contributed by atoms with Gasteiger partial charge in [-0.3, -0.25) is 14.9 Å². The molecule has 78 valence electrons. The molecular formula is C10H18N4. The Labute approximate surface area is 85.3 Å². The molecule has 0 aliphatic carbocycles. The lowest BCUT2D eigenvalue weighted by Gasteiger charge is -2.32. The van der Waals surface area contributed by atoms with Crippen LogP contribution < -0.4 is 0 Å². The Bertz CT molecular complexity index is 239. The van der Waals surface area contributed by atoms with Gasteiger partial charge in [0.2, 0.25) is 0 Å².